The van der Waals surface area contributed by atoms with Crippen LogP contribution in [0.2, 0.25) is 0 Å². The number of nitrogens with zero attached hydrogens (tertiary/aromatic N) is 4. The van der Waals surface area contributed by atoms with Crippen LogP contribution in [-0.4, -0.2) is 22.6 Å². The Bertz CT molecular complexity index is 936. The van der Waals surface area contributed by atoms with Crippen LogP contribution in [0.4, 0.5) is 17.5 Å². The molecule has 0 amide bonds. The second-order valence-corrected chi connectivity index (χ2v) is 7.76. The van der Waals surface area contributed by atoms with E-state index in [2.05, 4.69) is 91.2 Å². The Morgan fingerprint density at radius 2 is 1.75 bits per heavy atom. The van der Waals surface area contributed by atoms with Crippen molar-refractivity contribution >= 4 is 17.5 Å². The Labute approximate surface area is 167 Å². The number of benzene rings is 2. The third-order valence-corrected chi connectivity index (χ3v) is 5.29. The molecule has 4 nitrogen and oxygen atoms in total. The number of anilines is 3. The van der Waals surface area contributed by atoms with Gasteiger partial charge in [0.25, 0.3) is 0 Å². The summed E-state index contributed by atoms with van der Waals surface area (Å²) in [5, 5.41) is 0. The molecule has 2 heterocycles. The van der Waals surface area contributed by atoms with Crippen LogP contribution in [0.3, 0.4) is 0 Å². The highest BCUT2D eigenvalue weighted by atomic mass is 15.3. The van der Waals surface area contributed by atoms with Crippen molar-refractivity contribution in [3.63, 3.8) is 0 Å². The molecule has 1 aliphatic heterocycles. The van der Waals surface area contributed by atoms with Gasteiger partial charge in [0.2, 0.25) is 5.95 Å². The van der Waals surface area contributed by atoms with Crippen molar-refractivity contribution in [2.24, 2.45) is 0 Å². The fraction of sp³-hybridized carbons (Fsp3) is 0.333. The van der Waals surface area contributed by atoms with E-state index in [0.717, 1.165) is 43.4 Å². The van der Waals surface area contributed by atoms with Crippen molar-refractivity contribution < 1.29 is 0 Å². The molecular weight excluding hydrogens is 344 g/mol. The van der Waals surface area contributed by atoms with Crippen molar-refractivity contribution in [3.8, 4) is 0 Å². The summed E-state index contributed by atoms with van der Waals surface area (Å²) >= 11 is 0. The van der Waals surface area contributed by atoms with Gasteiger partial charge in [0.1, 0.15) is 5.82 Å². The molecule has 0 N–H and O–H groups in total. The first-order chi connectivity index (χ1) is 13.6. The van der Waals surface area contributed by atoms with Gasteiger partial charge in [-0.05, 0) is 50.8 Å². The molecule has 0 unspecified atom stereocenters. The van der Waals surface area contributed by atoms with E-state index < -0.39 is 0 Å². The molecule has 0 bridgehead atoms. The Balaban J connectivity index is 1.71. The highest BCUT2D eigenvalue weighted by Gasteiger charge is 2.22. The van der Waals surface area contributed by atoms with E-state index in [-0.39, 0.29) is 0 Å². The van der Waals surface area contributed by atoms with E-state index in [0.29, 0.717) is 6.04 Å². The number of aromatic nitrogens is 2. The van der Waals surface area contributed by atoms with Crippen molar-refractivity contribution in [2.45, 2.75) is 46.2 Å². The zero-order valence-electron chi connectivity index (χ0n) is 17.0. The Morgan fingerprint density at radius 1 is 1.00 bits per heavy atom. The SMILES string of the molecule is Cc1cc(N2CCCc3ccccc32)nc(N(Cc2ccccc2)C(C)C)n1. The molecule has 0 radical (unpaired) electrons. The van der Waals surface area contributed by atoms with Crippen LogP contribution in [0.25, 0.3) is 0 Å². The summed E-state index contributed by atoms with van der Waals surface area (Å²) in [6.45, 7) is 8.26. The minimum atomic E-state index is 0.309. The van der Waals surface area contributed by atoms with E-state index in [9.17, 15) is 0 Å². The molecule has 0 spiro atoms. The van der Waals surface area contributed by atoms with E-state index in [1.165, 1.54) is 16.8 Å². The van der Waals surface area contributed by atoms with E-state index >= 15 is 0 Å². The van der Waals surface area contributed by atoms with Gasteiger partial charge in [0.05, 0.1) is 0 Å². The highest BCUT2D eigenvalue weighted by Crippen LogP contribution is 2.33. The zero-order valence-corrected chi connectivity index (χ0v) is 17.0. The van der Waals surface area contributed by atoms with Crippen LogP contribution in [0, 0.1) is 6.92 Å². The quantitative estimate of drug-likeness (QED) is 0.609. The van der Waals surface area contributed by atoms with Gasteiger partial charge in [-0.15, -0.1) is 0 Å². The molecule has 4 heteroatoms. The Hall–Kier alpha value is -2.88. The average molecular weight is 373 g/mol. The van der Waals surface area contributed by atoms with Crippen molar-refractivity contribution in [1.82, 2.24) is 9.97 Å². The first-order valence-electron chi connectivity index (χ1n) is 10.1. The van der Waals surface area contributed by atoms with Gasteiger partial charge >= 0.3 is 0 Å². The fourth-order valence-electron chi connectivity index (χ4n) is 3.84. The summed E-state index contributed by atoms with van der Waals surface area (Å²) < 4.78 is 0. The number of fused-ring (bicyclic) bond motifs is 1. The van der Waals surface area contributed by atoms with Gasteiger partial charge in [-0.2, -0.15) is 4.98 Å². The molecule has 4 rings (SSSR count). The van der Waals surface area contributed by atoms with Crippen LogP contribution in [0.1, 0.15) is 37.1 Å². The van der Waals surface area contributed by atoms with Gasteiger partial charge in [-0.3, -0.25) is 0 Å². The predicted octanol–water partition coefficient (Wildman–Crippen LogP) is 5.28. The van der Waals surface area contributed by atoms with Crippen molar-refractivity contribution in [1.29, 1.82) is 0 Å². The Kier molecular flexibility index (Phi) is 5.29. The van der Waals surface area contributed by atoms with Gasteiger partial charge in [0.15, 0.2) is 0 Å². The van der Waals surface area contributed by atoms with Gasteiger partial charge in [0, 0.05) is 36.6 Å². The maximum Gasteiger partial charge on any atom is 0.228 e. The first-order valence-corrected chi connectivity index (χ1v) is 10.1. The molecule has 0 saturated heterocycles. The standard InChI is InChI=1S/C24H28N4/c1-18(2)28(17-20-10-5-4-6-11-20)24-25-19(3)16-23(26-24)27-15-9-13-21-12-7-8-14-22(21)27/h4-8,10-12,14,16,18H,9,13,15,17H2,1-3H3. The molecule has 0 aliphatic carbocycles. The van der Waals surface area contributed by atoms with E-state index in [1.54, 1.807) is 0 Å². The number of para-hydroxylation sites is 1. The van der Waals surface area contributed by atoms with Crippen LogP contribution >= 0.6 is 0 Å². The van der Waals surface area contributed by atoms with Gasteiger partial charge in [-0.25, -0.2) is 4.98 Å². The van der Waals surface area contributed by atoms with E-state index in [1.807, 2.05) is 0 Å². The molecular formula is C24H28N4. The second kappa shape index (κ2) is 8.01. The second-order valence-electron chi connectivity index (χ2n) is 7.76. The molecule has 0 atom stereocenters. The highest BCUT2D eigenvalue weighted by molar-refractivity contribution is 5.66. The molecule has 144 valence electrons. The van der Waals surface area contributed by atoms with Crippen molar-refractivity contribution in [3.05, 3.63) is 77.5 Å². The lowest BCUT2D eigenvalue weighted by atomic mass is 10.0. The molecule has 28 heavy (non-hydrogen) atoms. The third-order valence-electron chi connectivity index (χ3n) is 5.29. The smallest absolute Gasteiger partial charge is 0.228 e. The first kappa shape index (κ1) is 18.5. The topological polar surface area (TPSA) is 32.3 Å². The molecule has 0 fully saturated rings. The minimum Gasteiger partial charge on any atom is -0.334 e. The normalized spacial score (nSPS) is 13.5. The molecule has 1 aliphatic rings. The third kappa shape index (κ3) is 3.86. The summed E-state index contributed by atoms with van der Waals surface area (Å²) in [5.41, 5.74) is 4.95. The summed E-state index contributed by atoms with van der Waals surface area (Å²) in [6.07, 6.45) is 2.28. The number of rotatable bonds is 5. The van der Waals surface area contributed by atoms with Gasteiger partial charge in [-0.1, -0.05) is 48.5 Å². The maximum absolute atomic E-state index is 5.01. The van der Waals surface area contributed by atoms with E-state index in [4.69, 9.17) is 9.97 Å². The summed E-state index contributed by atoms with van der Waals surface area (Å²) in [7, 11) is 0. The lowest BCUT2D eigenvalue weighted by Gasteiger charge is -2.32. The van der Waals surface area contributed by atoms with Crippen LogP contribution in [0.5, 0.6) is 0 Å². The summed E-state index contributed by atoms with van der Waals surface area (Å²) in [6, 6.07) is 21.6. The van der Waals surface area contributed by atoms with Crippen molar-refractivity contribution in [2.75, 3.05) is 16.3 Å². The lowest BCUT2D eigenvalue weighted by Crippen LogP contribution is -2.33. The lowest BCUT2D eigenvalue weighted by molar-refractivity contribution is 0.657. The molecule has 2 aromatic carbocycles. The largest absolute Gasteiger partial charge is 0.334 e. The maximum atomic E-state index is 5.01. The monoisotopic (exact) mass is 372 g/mol. The number of aryl methyl sites for hydroxylation is 2. The van der Waals surface area contributed by atoms with Crippen LogP contribution in [0.15, 0.2) is 60.7 Å². The van der Waals surface area contributed by atoms with Crippen LogP contribution in [-0.2, 0) is 13.0 Å². The van der Waals surface area contributed by atoms with Gasteiger partial charge < -0.3 is 9.80 Å². The predicted molar refractivity (Wildman–Crippen MR) is 116 cm³/mol. The number of hydrogen-bond donors (Lipinski definition) is 0. The summed E-state index contributed by atoms with van der Waals surface area (Å²) in [5.74, 6) is 1.80. The molecule has 3 aromatic rings. The minimum absolute atomic E-state index is 0.309. The Morgan fingerprint density at radius 3 is 2.54 bits per heavy atom. The number of hydrogen-bond acceptors (Lipinski definition) is 4. The molecule has 1 aromatic heterocycles. The summed E-state index contributed by atoms with van der Waals surface area (Å²) in [4.78, 5) is 14.4. The fourth-order valence-corrected chi connectivity index (χ4v) is 3.84. The van der Waals surface area contributed by atoms with Crippen LogP contribution < -0.4 is 9.80 Å². The average Bonchev–Trinajstić information content (AvgIpc) is 2.71. The molecule has 0 saturated carbocycles. The zero-order chi connectivity index (χ0) is 19.5.